The highest BCUT2D eigenvalue weighted by atomic mass is 15.3. The third-order valence-corrected chi connectivity index (χ3v) is 2.19. The molecule has 0 aliphatic rings. The third kappa shape index (κ3) is 2.11. The van der Waals surface area contributed by atoms with Gasteiger partial charge in [0, 0.05) is 5.69 Å². The lowest BCUT2D eigenvalue weighted by atomic mass is 10.1. The summed E-state index contributed by atoms with van der Waals surface area (Å²) >= 11 is 0. The lowest BCUT2D eigenvalue weighted by molar-refractivity contribution is 0.342. The van der Waals surface area contributed by atoms with Crippen molar-refractivity contribution in [2.24, 2.45) is 0 Å². The van der Waals surface area contributed by atoms with Gasteiger partial charge in [-0.25, -0.2) is 0 Å². The topological polar surface area (TPSA) is 17.8 Å². The number of hydrogen-bond donors (Lipinski definition) is 0. The molecule has 0 aliphatic heterocycles. The summed E-state index contributed by atoms with van der Waals surface area (Å²) in [5.74, 6) is 0. The Hall–Kier alpha value is -0.790. The molecule has 2 nitrogen and oxygen atoms in total. The first-order valence-electron chi connectivity index (χ1n) is 5.07. The van der Waals surface area contributed by atoms with Crippen LogP contribution in [0.25, 0.3) is 0 Å². The van der Waals surface area contributed by atoms with Gasteiger partial charge in [-0.05, 0) is 39.7 Å². The zero-order valence-corrected chi connectivity index (χ0v) is 9.39. The van der Waals surface area contributed by atoms with Gasteiger partial charge in [-0.1, -0.05) is 13.8 Å². The lowest BCUT2D eigenvalue weighted by Crippen LogP contribution is -2.25. The normalized spacial score (nSPS) is 12.1. The predicted octanol–water partition coefficient (Wildman–Crippen LogP) is 2.76. The maximum absolute atomic E-state index is 4.59. The van der Waals surface area contributed by atoms with Gasteiger partial charge in [-0.2, -0.15) is 5.10 Å². The second-order valence-electron chi connectivity index (χ2n) is 4.42. The molecule has 0 amide bonds. The molecule has 0 radical (unpaired) electrons. The molecule has 0 saturated carbocycles. The Morgan fingerprint density at radius 2 is 1.85 bits per heavy atom. The SMILES string of the molecule is CCc1cc(CC)n(C(C)(C)C)n1. The van der Waals surface area contributed by atoms with Gasteiger partial charge < -0.3 is 0 Å². The molecule has 13 heavy (non-hydrogen) atoms. The molecule has 0 bridgehead atoms. The van der Waals surface area contributed by atoms with E-state index < -0.39 is 0 Å². The summed E-state index contributed by atoms with van der Waals surface area (Å²) in [4.78, 5) is 0. The van der Waals surface area contributed by atoms with E-state index >= 15 is 0 Å². The quantitative estimate of drug-likeness (QED) is 0.684. The first-order valence-corrected chi connectivity index (χ1v) is 5.07. The van der Waals surface area contributed by atoms with E-state index in [1.165, 1.54) is 11.4 Å². The Morgan fingerprint density at radius 1 is 1.23 bits per heavy atom. The van der Waals surface area contributed by atoms with E-state index in [2.05, 4.69) is 50.5 Å². The van der Waals surface area contributed by atoms with Gasteiger partial charge in [0.15, 0.2) is 0 Å². The zero-order chi connectivity index (χ0) is 10.1. The fourth-order valence-electron chi connectivity index (χ4n) is 1.48. The molecule has 2 heteroatoms. The van der Waals surface area contributed by atoms with Crippen molar-refractivity contribution in [2.75, 3.05) is 0 Å². The van der Waals surface area contributed by atoms with Gasteiger partial charge in [0.25, 0.3) is 0 Å². The summed E-state index contributed by atoms with van der Waals surface area (Å²) in [5.41, 5.74) is 2.65. The van der Waals surface area contributed by atoms with E-state index in [0.717, 1.165) is 12.8 Å². The molecule has 0 fully saturated rings. The first-order chi connectivity index (χ1) is 5.99. The largest absolute Gasteiger partial charge is 0.264 e. The van der Waals surface area contributed by atoms with Gasteiger partial charge in [0.05, 0.1) is 11.2 Å². The monoisotopic (exact) mass is 180 g/mol. The third-order valence-electron chi connectivity index (χ3n) is 2.19. The molecule has 1 aromatic heterocycles. The number of aromatic nitrogens is 2. The summed E-state index contributed by atoms with van der Waals surface area (Å²) in [5, 5.41) is 4.59. The van der Waals surface area contributed by atoms with Gasteiger partial charge in [-0.15, -0.1) is 0 Å². The highest BCUT2D eigenvalue weighted by Crippen LogP contribution is 2.17. The average molecular weight is 180 g/mol. The van der Waals surface area contributed by atoms with Crippen molar-refractivity contribution in [1.29, 1.82) is 0 Å². The Labute approximate surface area is 81.0 Å². The van der Waals surface area contributed by atoms with Crippen LogP contribution in [0.3, 0.4) is 0 Å². The molecule has 0 N–H and O–H groups in total. The minimum atomic E-state index is 0.110. The summed E-state index contributed by atoms with van der Waals surface area (Å²) in [6.45, 7) is 10.9. The molecule has 1 aromatic rings. The highest BCUT2D eigenvalue weighted by Gasteiger charge is 2.17. The van der Waals surface area contributed by atoms with E-state index in [1.807, 2.05) is 0 Å². The number of nitrogens with zero attached hydrogens (tertiary/aromatic N) is 2. The van der Waals surface area contributed by atoms with Crippen LogP contribution in [0.15, 0.2) is 6.07 Å². The van der Waals surface area contributed by atoms with Crippen molar-refractivity contribution in [3.8, 4) is 0 Å². The molecule has 0 saturated heterocycles. The first kappa shape index (κ1) is 10.3. The second kappa shape index (κ2) is 3.52. The van der Waals surface area contributed by atoms with Crippen LogP contribution in [0, 0.1) is 0 Å². The van der Waals surface area contributed by atoms with E-state index in [-0.39, 0.29) is 5.54 Å². The summed E-state index contributed by atoms with van der Waals surface area (Å²) in [7, 11) is 0. The van der Waals surface area contributed by atoms with Crippen LogP contribution in [0.4, 0.5) is 0 Å². The van der Waals surface area contributed by atoms with Crippen LogP contribution < -0.4 is 0 Å². The predicted molar refractivity (Wildman–Crippen MR) is 56.0 cm³/mol. The van der Waals surface area contributed by atoms with E-state index in [0.29, 0.717) is 0 Å². The lowest BCUT2D eigenvalue weighted by Gasteiger charge is -2.22. The van der Waals surface area contributed by atoms with Crippen LogP contribution in [-0.2, 0) is 18.4 Å². The Bertz CT molecular complexity index is 279. The minimum Gasteiger partial charge on any atom is -0.264 e. The highest BCUT2D eigenvalue weighted by molar-refractivity contribution is 5.12. The maximum atomic E-state index is 4.59. The van der Waals surface area contributed by atoms with Crippen molar-refractivity contribution >= 4 is 0 Å². The van der Waals surface area contributed by atoms with E-state index in [9.17, 15) is 0 Å². The fourth-order valence-corrected chi connectivity index (χ4v) is 1.48. The van der Waals surface area contributed by atoms with Crippen molar-refractivity contribution in [3.05, 3.63) is 17.5 Å². The van der Waals surface area contributed by atoms with Crippen LogP contribution in [0.1, 0.15) is 46.0 Å². The Kier molecular flexibility index (Phi) is 2.79. The van der Waals surface area contributed by atoms with Gasteiger partial charge in [-0.3, -0.25) is 4.68 Å². The van der Waals surface area contributed by atoms with Gasteiger partial charge in [0.1, 0.15) is 0 Å². The van der Waals surface area contributed by atoms with Crippen molar-refractivity contribution in [1.82, 2.24) is 9.78 Å². The molecule has 0 aromatic carbocycles. The fraction of sp³-hybridized carbons (Fsp3) is 0.727. The van der Waals surface area contributed by atoms with Crippen LogP contribution in [0.5, 0.6) is 0 Å². The van der Waals surface area contributed by atoms with E-state index in [1.54, 1.807) is 0 Å². The van der Waals surface area contributed by atoms with Crippen LogP contribution >= 0.6 is 0 Å². The van der Waals surface area contributed by atoms with Crippen molar-refractivity contribution in [2.45, 2.75) is 53.0 Å². The molecule has 1 rings (SSSR count). The molecule has 74 valence electrons. The van der Waals surface area contributed by atoms with Gasteiger partial charge >= 0.3 is 0 Å². The summed E-state index contributed by atoms with van der Waals surface area (Å²) < 4.78 is 2.14. The molecule has 0 atom stereocenters. The second-order valence-corrected chi connectivity index (χ2v) is 4.42. The number of hydrogen-bond acceptors (Lipinski definition) is 1. The Balaban J connectivity index is 3.11. The zero-order valence-electron chi connectivity index (χ0n) is 9.39. The number of aryl methyl sites for hydroxylation is 2. The van der Waals surface area contributed by atoms with Crippen LogP contribution in [-0.4, -0.2) is 9.78 Å². The summed E-state index contributed by atoms with van der Waals surface area (Å²) in [6, 6.07) is 2.21. The minimum absolute atomic E-state index is 0.110. The molecular formula is C11H20N2. The smallest absolute Gasteiger partial charge is 0.0625 e. The average Bonchev–Trinajstić information content (AvgIpc) is 2.46. The molecule has 0 spiro atoms. The van der Waals surface area contributed by atoms with E-state index in [4.69, 9.17) is 0 Å². The van der Waals surface area contributed by atoms with Gasteiger partial charge in [0.2, 0.25) is 0 Å². The summed E-state index contributed by atoms with van der Waals surface area (Å²) in [6.07, 6.45) is 2.08. The van der Waals surface area contributed by atoms with Crippen molar-refractivity contribution < 1.29 is 0 Å². The standard InChI is InChI=1S/C11H20N2/c1-6-9-8-10(7-2)13(12-9)11(3,4)5/h8H,6-7H2,1-5H3. The Morgan fingerprint density at radius 3 is 2.15 bits per heavy atom. The number of rotatable bonds is 2. The molecular weight excluding hydrogens is 160 g/mol. The molecule has 0 unspecified atom stereocenters. The molecule has 0 aliphatic carbocycles. The van der Waals surface area contributed by atoms with Crippen LogP contribution in [0.2, 0.25) is 0 Å². The maximum Gasteiger partial charge on any atom is 0.0625 e. The van der Waals surface area contributed by atoms with Crippen molar-refractivity contribution in [3.63, 3.8) is 0 Å². The molecule has 1 heterocycles.